The summed E-state index contributed by atoms with van der Waals surface area (Å²) in [5.41, 5.74) is 0.539. The number of halogens is 2. The molecule has 0 saturated carbocycles. The third-order valence-corrected chi connectivity index (χ3v) is 2.01. The van der Waals surface area contributed by atoms with Gasteiger partial charge in [-0.15, -0.1) is 0 Å². The van der Waals surface area contributed by atoms with Gasteiger partial charge in [0.2, 0.25) is 5.83 Å². The Labute approximate surface area is 85.6 Å². The minimum Gasteiger partial charge on any atom is -0.476 e. The number of rotatable bonds is 2. The Balaban J connectivity index is 3.18. The van der Waals surface area contributed by atoms with Crippen molar-refractivity contribution < 1.29 is 14.3 Å². The predicted molar refractivity (Wildman–Crippen MR) is 52.8 cm³/mol. The Bertz CT molecular complexity index is 399. The van der Waals surface area contributed by atoms with Crippen LogP contribution in [0.3, 0.4) is 0 Å². The van der Waals surface area contributed by atoms with Crippen molar-refractivity contribution in [2.24, 2.45) is 0 Å². The number of carbonyl (C=O) groups is 1. The molecule has 2 nitrogen and oxygen atoms in total. The molecule has 0 spiro atoms. The first-order valence-corrected chi connectivity index (χ1v) is 4.26. The molecule has 0 bridgehead atoms. The highest BCUT2D eigenvalue weighted by atomic mass is 35.5. The van der Waals surface area contributed by atoms with E-state index < -0.39 is 11.8 Å². The lowest BCUT2D eigenvalue weighted by Gasteiger charge is -2.01. The Morgan fingerprint density at radius 2 is 2.14 bits per heavy atom. The minimum atomic E-state index is -1.57. The van der Waals surface area contributed by atoms with E-state index in [0.29, 0.717) is 10.6 Å². The molecule has 0 amide bonds. The summed E-state index contributed by atoms with van der Waals surface area (Å²) in [5, 5.41) is 8.86. The van der Waals surface area contributed by atoms with E-state index in [-0.39, 0.29) is 5.57 Å². The average molecular weight is 215 g/mol. The SMILES string of the molecule is C/C(=C(/F)C(=O)O)c1cccc(Cl)c1. The maximum Gasteiger partial charge on any atom is 0.365 e. The summed E-state index contributed by atoms with van der Waals surface area (Å²) in [4.78, 5) is 10.3. The summed E-state index contributed by atoms with van der Waals surface area (Å²) in [6.45, 7) is 1.40. The van der Waals surface area contributed by atoms with E-state index in [2.05, 4.69) is 0 Å². The van der Waals surface area contributed by atoms with E-state index in [9.17, 15) is 9.18 Å². The summed E-state index contributed by atoms with van der Waals surface area (Å²) in [7, 11) is 0. The van der Waals surface area contributed by atoms with E-state index in [1.54, 1.807) is 18.2 Å². The van der Waals surface area contributed by atoms with Crippen LogP contribution < -0.4 is 0 Å². The van der Waals surface area contributed by atoms with Crippen LogP contribution in [0.15, 0.2) is 30.1 Å². The first-order valence-electron chi connectivity index (χ1n) is 3.88. The molecule has 0 atom stereocenters. The first-order chi connectivity index (χ1) is 6.52. The molecule has 0 saturated heterocycles. The number of hydrogen-bond donors (Lipinski definition) is 1. The maximum absolute atomic E-state index is 13.0. The molecule has 0 aromatic heterocycles. The van der Waals surface area contributed by atoms with Crippen LogP contribution in [0.4, 0.5) is 4.39 Å². The molecule has 0 radical (unpaired) electrons. The van der Waals surface area contributed by atoms with Gasteiger partial charge in [-0.2, -0.15) is 4.39 Å². The second-order valence-corrected chi connectivity index (χ2v) is 3.19. The summed E-state index contributed by atoms with van der Waals surface area (Å²) in [6.07, 6.45) is 0. The maximum atomic E-state index is 13.0. The lowest BCUT2D eigenvalue weighted by Crippen LogP contribution is -1.97. The zero-order chi connectivity index (χ0) is 10.7. The van der Waals surface area contributed by atoms with E-state index in [1.165, 1.54) is 13.0 Å². The fourth-order valence-electron chi connectivity index (χ4n) is 1.01. The highest BCUT2D eigenvalue weighted by molar-refractivity contribution is 6.30. The topological polar surface area (TPSA) is 37.3 Å². The number of carboxylic acids is 1. The van der Waals surface area contributed by atoms with E-state index in [0.717, 1.165) is 0 Å². The van der Waals surface area contributed by atoms with Crippen LogP contribution in [0.25, 0.3) is 5.57 Å². The van der Waals surface area contributed by atoms with Gasteiger partial charge >= 0.3 is 5.97 Å². The Morgan fingerprint density at radius 3 is 2.64 bits per heavy atom. The van der Waals surface area contributed by atoms with Gasteiger partial charge in [0.25, 0.3) is 0 Å². The van der Waals surface area contributed by atoms with E-state index in [4.69, 9.17) is 16.7 Å². The lowest BCUT2D eigenvalue weighted by molar-refractivity contribution is -0.134. The van der Waals surface area contributed by atoms with Crippen molar-refractivity contribution in [1.82, 2.24) is 0 Å². The van der Waals surface area contributed by atoms with Crippen LogP contribution in [0, 0.1) is 0 Å². The fourth-order valence-corrected chi connectivity index (χ4v) is 1.20. The smallest absolute Gasteiger partial charge is 0.365 e. The molecule has 0 unspecified atom stereocenters. The summed E-state index contributed by atoms with van der Waals surface area (Å²) in [6, 6.07) is 6.39. The van der Waals surface area contributed by atoms with Crippen molar-refractivity contribution in [2.45, 2.75) is 6.92 Å². The zero-order valence-corrected chi connectivity index (χ0v) is 8.18. The molecule has 1 aromatic rings. The van der Waals surface area contributed by atoms with Crippen LogP contribution in [0.1, 0.15) is 12.5 Å². The molecule has 4 heteroatoms. The largest absolute Gasteiger partial charge is 0.476 e. The molecule has 1 N–H and O–H groups in total. The van der Waals surface area contributed by atoms with Gasteiger partial charge < -0.3 is 5.11 Å². The molecule has 0 aliphatic rings. The van der Waals surface area contributed by atoms with Crippen LogP contribution in [-0.4, -0.2) is 11.1 Å². The molecular weight excluding hydrogens is 207 g/mol. The predicted octanol–water partition coefficient (Wildman–Crippen LogP) is 3.13. The fraction of sp³-hybridized carbons (Fsp3) is 0.100. The normalized spacial score (nSPS) is 12.2. The van der Waals surface area contributed by atoms with Crippen molar-refractivity contribution in [3.63, 3.8) is 0 Å². The lowest BCUT2D eigenvalue weighted by atomic mass is 10.1. The molecule has 0 aliphatic heterocycles. The highest BCUT2D eigenvalue weighted by Gasteiger charge is 2.11. The molecule has 14 heavy (non-hydrogen) atoms. The van der Waals surface area contributed by atoms with Crippen LogP contribution >= 0.6 is 11.6 Å². The number of hydrogen-bond acceptors (Lipinski definition) is 1. The van der Waals surface area contributed by atoms with Crippen molar-refractivity contribution in [3.8, 4) is 0 Å². The zero-order valence-electron chi connectivity index (χ0n) is 7.42. The first kappa shape index (κ1) is 10.7. The van der Waals surface area contributed by atoms with E-state index >= 15 is 0 Å². The Hall–Kier alpha value is -1.35. The van der Waals surface area contributed by atoms with Gasteiger partial charge in [0.05, 0.1) is 0 Å². The molecule has 0 fully saturated rings. The monoisotopic (exact) mass is 214 g/mol. The summed E-state index contributed by atoms with van der Waals surface area (Å²) >= 11 is 5.68. The molecular formula is C10H8ClFO2. The van der Waals surface area contributed by atoms with Crippen LogP contribution in [0.5, 0.6) is 0 Å². The summed E-state index contributed by atoms with van der Waals surface area (Å²) < 4.78 is 13.0. The second kappa shape index (κ2) is 4.24. The third-order valence-electron chi connectivity index (χ3n) is 1.77. The number of aliphatic carboxylic acids is 1. The van der Waals surface area contributed by atoms with Gasteiger partial charge in [-0.3, -0.25) is 0 Å². The van der Waals surface area contributed by atoms with Gasteiger partial charge in [0, 0.05) is 5.02 Å². The quantitative estimate of drug-likeness (QED) is 0.768. The van der Waals surface area contributed by atoms with E-state index in [1.807, 2.05) is 0 Å². The van der Waals surface area contributed by atoms with Crippen molar-refractivity contribution in [3.05, 3.63) is 40.7 Å². The second-order valence-electron chi connectivity index (χ2n) is 2.75. The molecule has 74 valence electrons. The van der Waals surface area contributed by atoms with Gasteiger partial charge in [0.15, 0.2) is 0 Å². The molecule has 0 heterocycles. The van der Waals surface area contributed by atoms with Crippen molar-refractivity contribution in [1.29, 1.82) is 0 Å². The van der Waals surface area contributed by atoms with Gasteiger partial charge in [-0.25, -0.2) is 4.79 Å². The number of benzene rings is 1. The number of carboxylic acid groups (broad SMARTS) is 1. The van der Waals surface area contributed by atoms with Gasteiger partial charge in [-0.05, 0) is 30.2 Å². The third kappa shape index (κ3) is 2.33. The van der Waals surface area contributed by atoms with Gasteiger partial charge in [0.1, 0.15) is 0 Å². The van der Waals surface area contributed by atoms with Crippen molar-refractivity contribution in [2.75, 3.05) is 0 Å². The van der Waals surface area contributed by atoms with Crippen molar-refractivity contribution >= 4 is 23.1 Å². The minimum absolute atomic E-state index is 0.0694. The molecule has 0 aliphatic carbocycles. The molecule has 1 rings (SSSR count). The van der Waals surface area contributed by atoms with Crippen LogP contribution in [-0.2, 0) is 4.79 Å². The Kier molecular flexibility index (Phi) is 3.25. The number of allylic oxidation sites excluding steroid dienone is 1. The Morgan fingerprint density at radius 1 is 1.50 bits per heavy atom. The highest BCUT2D eigenvalue weighted by Crippen LogP contribution is 2.22. The van der Waals surface area contributed by atoms with Crippen LogP contribution in [0.2, 0.25) is 5.02 Å². The molecule has 1 aromatic carbocycles. The summed E-state index contributed by atoms with van der Waals surface area (Å²) in [5.74, 6) is -2.73. The standard InChI is InChI=1S/C10H8ClFO2/c1-6(9(12)10(13)14)7-3-2-4-8(11)5-7/h2-5H,1H3,(H,13,14)/b9-6-. The average Bonchev–Trinajstić information content (AvgIpc) is 2.15. The van der Waals surface area contributed by atoms with Gasteiger partial charge in [-0.1, -0.05) is 23.7 Å².